The second kappa shape index (κ2) is 9.96. The van der Waals surface area contributed by atoms with E-state index in [9.17, 15) is 8.42 Å². The van der Waals surface area contributed by atoms with E-state index in [1.165, 1.54) is 11.1 Å². The fourth-order valence-electron chi connectivity index (χ4n) is 4.25. The number of hydrogen-bond donors (Lipinski definition) is 0. The van der Waals surface area contributed by atoms with Crippen LogP contribution in [0, 0.1) is 0 Å². The molecule has 1 aliphatic rings. The molecule has 0 atom stereocenters. The molecule has 1 aliphatic heterocycles. The monoisotopic (exact) mass is 452 g/mol. The lowest BCUT2D eigenvalue weighted by Gasteiger charge is -2.32. The Kier molecular flexibility index (Phi) is 7.06. The zero-order valence-corrected chi connectivity index (χ0v) is 19.7. The van der Waals surface area contributed by atoms with E-state index in [0.717, 1.165) is 43.7 Å². The second-order valence-corrected chi connectivity index (χ2v) is 11.6. The first-order valence-electron chi connectivity index (χ1n) is 11.3. The SMILES string of the molecule is CC(C)S(=O)(=O)Cc1cccc(C2CCN(Cc3cnn(Cc4ccccn4)c3)CC2)c1. The van der Waals surface area contributed by atoms with E-state index >= 15 is 0 Å². The van der Waals surface area contributed by atoms with Gasteiger partial charge in [-0.05, 0) is 69.0 Å². The van der Waals surface area contributed by atoms with Crippen LogP contribution in [0.1, 0.15) is 55.0 Å². The van der Waals surface area contributed by atoms with Crippen molar-refractivity contribution in [1.29, 1.82) is 0 Å². The van der Waals surface area contributed by atoms with Gasteiger partial charge in [0.25, 0.3) is 0 Å². The van der Waals surface area contributed by atoms with Gasteiger partial charge in [-0.15, -0.1) is 0 Å². The summed E-state index contributed by atoms with van der Waals surface area (Å²) < 4.78 is 26.5. The summed E-state index contributed by atoms with van der Waals surface area (Å²) in [7, 11) is -3.08. The number of hydrogen-bond acceptors (Lipinski definition) is 5. The van der Waals surface area contributed by atoms with Crippen molar-refractivity contribution in [2.24, 2.45) is 0 Å². The van der Waals surface area contributed by atoms with Gasteiger partial charge in [0.15, 0.2) is 9.84 Å². The van der Waals surface area contributed by atoms with Crippen LogP contribution in [0.3, 0.4) is 0 Å². The molecular weight excluding hydrogens is 420 g/mol. The van der Waals surface area contributed by atoms with Crippen LogP contribution in [0.25, 0.3) is 0 Å². The Hall–Kier alpha value is -2.51. The average Bonchev–Trinajstić information content (AvgIpc) is 3.21. The molecule has 0 spiro atoms. The molecule has 0 aliphatic carbocycles. The van der Waals surface area contributed by atoms with Gasteiger partial charge in [-0.1, -0.05) is 30.3 Å². The third-order valence-electron chi connectivity index (χ3n) is 6.24. The van der Waals surface area contributed by atoms with E-state index in [1.807, 2.05) is 47.4 Å². The van der Waals surface area contributed by atoms with Gasteiger partial charge >= 0.3 is 0 Å². The number of nitrogens with zero attached hydrogens (tertiary/aromatic N) is 4. The smallest absolute Gasteiger partial charge is 0.156 e. The Labute approximate surface area is 191 Å². The number of aromatic nitrogens is 3. The lowest BCUT2D eigenvalue weighted by molar-refractivity contribution is 0.204. The maximum atomic E-state index is 12.3. The van der Waals surface area contributed by atoms with Gasteiger partial charge in [-0.3, -0.25) is 14.6 Å². The Balaban J connectivity index is 1.31. The quantitative estimate of drug-likeness (QED) is 0.516. The molecule has 2 aromatic heterocycles. The normalized spacial score (nSPS) is 16.0. The van der Waals surface area contributed by atoms with Crippen molar-refractivity contribution in [2.75, 3.05) is 13.1 Å². The number of rotatable bonds is 8. The van der Waals surface area contributed by atoms with Gasteiger partial charge in [-0.2, -0.15) is 5.10 Å². The topological polar surface area (TPSA) is 68.1 Å². The predicted octanol–water partition coefficient (Wildman–Crippen LogP) is 4.03. The molecule has 1 aromatic carbocycles. The summed E-state index contributed by atoms with van der Waals surface area (Å²) in [6.07, 6.45) is 8.04. The highest BCUT2D eigenvalue weighted by Gasteiger charge is 2.22. The van der Waals surface area contributed by atoms with E-state index < -0.39 is 9.84 Å². The van der Waals surface area contributed by atoms with Gasteiger partial charge in [0, 0.05) is 24.5 Å². The number of pyridine rings is 1. The van der Waals surface area contributed by atoms with E-state index in [-0.39, 0.29) is 11.0 Å². The van der Waals surface area contributed by atoms with Crippen molar-refractivity contribution in [2.45, 2.75) is 56.7 Å². The van der Waals surface area contributed by atoms with Crippen LogP contribution in [-0.2, 0) is 28.7 Å². The molecule has 0 radical (unpaired) electrons. The van der Waals surface area contributed by atoms with Crippen LogP contribution >= 0.6 is 0 Å². The van der Waals surface area contributed by atoms with Gasteiger partial charge in [0.2, 0.25) is 0 Å². The lowest BCUT2D eigenvalue weighted by Crippen LogP contribution is -2.32. The third kappa shape index (κ3) is 5.84. The zero-order chi connectivity index (χ0) is 22.6. The Bertz CT molecular complexity index is 1120. The van der Waals surface area contributed by atoms with E-state index in [2.05, 4.69) is 33.3 Å². The summed E-state index contributed by atoms with van der Waals surface area (Å²) in [6, 6.07) is 14.1. The largest absolute Gasteiger partial charge is 0.299 e. The first-order valence-corrected chi connectivity index (χ1v) is 13.0. The first kappa shape index (κ1) is 22.7. The highest BCUT2D eigenvalue weighted by molar-refractivity contribution is 7.91. The summed E-state index contributed by atoms with van der Waals surface area (Å²) in [5, 5.41) is 4.15. The van der Waals surface area contributed by atoms with E-state index in [4.69, 9.17) is 0 Å². The molecule has 4 rings (SSSR count). The number of likely N-dealkylation sites (tertiary alicyclic amines) is 1. The molecule has 1 saturated heterocycles. The second-order valence-electron chi connectivity index (χ2n) is 9.02. The Morgan fingerprint density at radius 3 is 2.56 bits per heavy atom. The van der Waals surface area contributed by atoms with Crippen LogP contribution in [0.15, 0.2) is 61.1 Å². The maximum Gasteiger partial charge on any atom is 0.156 e. The summed E-state index contributed by atoms with van der Waals surface area (Å²) in [6.45, 7) is 7.15. The molecule has 7 heteroatoms. The molecule has 1 fully saturated rings. The lowest BCUT2D eigenvalue weighted by atomic mass is 9.88. The van der Waals surface area contributed by atoms with Crippen LogP contribution < -0.4 is 0 Å². The van der Waals surface area contributed by atoms with Crippen molar-refractivity contribution in [3.63, 3.8) is 0 Å². The summed E-state index contributed by atoms with van der Waals surface area (Å²) >= 11 is 0. The Morgan fingerprint density at radius 2 is 1.84 bits per heavy atom. The molecular formula is C25H32N4O2S. The molecule has 6 nitrogen and oxygen atoms in total. The summed E-state index contributed by atoms with van der Waals surface area (Å²) in [5.41, 5.74) is 4.40. The molecule has 3 aromatic rings. The van der Waals surface area contributed by atoms with E-state index in [1.54, 1.807) is 13.8 Å². The van der Waals surface area contributed by atoms with Crippen LogP contribution in [0.4, 0.5) is 0 Å². The van der Waals surface area contributed by atoms with Crippen molar-refractivity contribution in [1.82, 2.24) is 19.7 Å². The van der Waals surface area contributed by atoms with Gasteiger partial charge in [0.05, 0.1) is 29.4 Å². The summed E-state index contributed by atoms with van der Waals surface area (Å²) in [5.74, 6) is 0.611. The number of piperidine rings is 1. The molecule has 0 unspecified atom stereocenters. The average molecular weight is 453 g/mol. The fraction of sp³-hybridized carbons (Fsp3) is 0.440. The van der Waals surface area contributed by atoms with Gasteiger partial charge in [-0.25, -0.2) is 8.42 Å². The number of sulfone groups is 1. The van der Waals surface area contributed by atoms with Crippen LogP contribution in [0.2, 0.25) is 0 Å². The minimum absolute atomic E-state index is 0.125. The molecule has 170 valence electrons. The van der Waals surface area contributed by atoms with Gasteiger partial charge in [0.1, 0.15) is 0 Å². The summed E-state index contributed by atoms with van der Waals surface area (Å²) in [4.78, 5) is 6.84. The molecule has 0 saturated carbocycles. The standard InChI is InChI=1S/C25H32N4O2S/c1-20(2)32(30,31)19-21-6-5-7-24(14-21)23-9-12-28(13-10-23)16-22-15-27-29(17-22)18-25-8-3-4-11-26-25/h3-8,11,14-15,17,20,23H,9-10,12-13,16,18-19H2,1-2H3. The van der Waals surface area contributed by atoms with Crippen molar-refractivity contribution >= 4 is 9.84 Å². The molecule has 32 heavy (non-hydrogen) atoms. The van der Waals surface area contributed by atoms with Crippen molar-refractivity contribution in [3.8, 4) is 0 Å². The first-order chi connectivity index (χ1) is 15.4. The Morgan fingerprint density at radius 1 is 1.03 bits per heavy atom. The highest BCUT2D eigenvalue weighted by atomic mass is 32.2. The third-order valence-corrected chi connectivity index (χ3v) is 8.41. The van der Waals surface area contributed by atoms with Crippen molar-refractivity contribution < 1.29 is 8.42 Å². The van der Waals surface area contributed by atoms with Gasteiger partial charge < -0.3 is 0 Å². The number of benzene rings is 1. The fourth-order valence-corrected chi connectivity index (χ4v) is 5.23. The van der Waals surface area contributed by atoms with Crippen LogP contribution in [0.5, 0.6) is 0 Å². The minimum atomic E-state index is -3.08. The molecule has 0 amide bonds. The van der Waals surface area contributed by atoms with E-state index in [0.29, 0.717) is 12.5 Å². The van der Waals surface area contributed by atoms with Crippen LogP contribution in [-0.4, -0.2) is 46.4 Å². The molecule has 0 N–H and O–H groups in total. The highest BCUT2D eigenvalue weighted by Crippen LogP contribution is 2.29. The molecule has 0 bridgehead atoms. The predicted molar refractivity (Wildman–Crippen MR) is 127 cm³/mol. The minimum Gasteiger partial charge on any atom is -0.299 e. The maximum absolute atomic E-state index is 12.3. The van der Waals surface area contributed by atoms with Crippen molar-refractivity contribution in [3.05, 3.63) is 83.4 Å². The molecule has 3 heterocycles. The zero-order valence-electron chi connectivity index (χ0n) is 18.9.